The Bertz CT molecular complexity index is 818. The lowest BCUT2D eigenvalue weighted by molar-refractivity contribution is 0.253. The summed E-state index contributed by atoms with van der Waals surface area (Å²) in [5.41, 5.74) is 5.16. The number of nitrogens with zero attached hydrogens (tertiary/aromatic N) is 2. The molecule has 0 spiro atoms. The smallest absolute Gasteiger partial charge is 0.304 e. The highest BCUT2D eigenvalue weighted by Crippen LogP contribution is 2.18. The summed E-state index contributed by atoms with van der Waals surface area (Å²) < 4.78 is 13.4. The zero-order chi connectivity index (χ0) is 15.4. The zero-order valence-electron chi connectivity index (χ0n) is 11.4. The summed E-state index contributed by atoms with van der Waals surface area (Å²) >= 11 is 0. The number of benzene rings is 2. The molecule has 22 heavy (non-hydrogen) atoms. The van der Waals surface area contributed by atoms with E-state index in [9.17, 15) is 9.18 Å². The fourth-order valence-corrected chi connectivity index (χ4v) is 1.95. The number of hydrogen-bond donors (Lipinski definition) is 3. The van der Waals surface area contributed by atoms with Crippen LogP contribution in [0.4, 0.5) is 20.7 Å². The number of anilines is 2. The molecule has 2 amide bonds. The number of hydrazine groups is 1. The van der Waals surface area contributed by atoms with Crippen molar-refractivity contribution < 1.29 is 9.18 Å². The van der Waals surface area contributed by atoms with Crippen molar-refractivity contribution in [2.24, 2.45) is 0 Å². The van der Waals surface area contributed by atoms with E-state index in [0.29, 0.717) is 5.82 Å². The van der Waals surface area contributed by atoms with Crippen LogP contribution in [-0.2, 0) is 0 Å². The molecular formula is C15H12FN5O. The standard InChI is InChI=1S/C15H12FN5O/c16-12-7-3-4-8-13(12)18-15(22)21-20-14-11-6-2-1-5-10(11)9-17-19-14/h1-9H,(H,19,20)(H2,18,21,22). The average Bonchev–Trinajstić information content (AvgIpc) is 2.55. The summed E-state index contributed by atoms with van der Waals surface area (Å²) in [4.78, 5) is 11.8. The van der Waals surface area contributed by atoms with Crippen LogP contribution in [0.3, 0.4) is 0 Å². The highest BCUT2D eigenvalue weighted by molar-refractivity contribution is 5.93. The molecule has 6 nitrogen and oxygen atoms in total. The molecule has 2 aromatic carbocycles. The van der Waals surface area contributed by atoms with Crippen molar-refractivity contribution in [3.05, 3.63) is 60.5 Å². The summed E-state index contributed by atoms with van der Waals surface area (Å²) in [6, 6.07) is 12.8. The molecule has 0 saturated carbocycles. The second-order valence-corrected chi connectivity index (χ2v) is 4.46. The van der Waals surface area contributed by atoms with Gasteiger partial charge in [0.05, 0.1) is 11.9 Å². The predicted molar refractivity (Wildman–Crippen MR) is 81.7 cm³/mol. The molecule has 1 aromatic heterocycles. The molecule has 0 unspecified atom stereocenters. The van der Waals surface area contributed by atoms with E-state index in [0.717, 1.165) is 10.8 Å². The molecule has 0 bridgehead atoms. The van der Waals surface area contributed by atoms with Crippen molar-refractivity contribution in [2.75, 3.05) is 10.7 Å². The molecule has 0 radical (unpaired) electrons. The first-order chi connectivity index (χ1) is 10.7. The molecule has 0 aliphatic rings. The van der Waals surface area contributed by atoms with Gasteiger partial charge < -0.3 is 5.32 Å². The summed E-state index contributed by atoms with van der Waals surface area (Å²) in [7, 11) is 0. The molecule has 3 N–H and O–H groups in total. The number of amides is 2. The fraction of sp³-hybridized carbons (Fsp3) is 0. The first-order valence-corrected chi connectivity index (χ1v) is 6.52. The van der Waals surface area contributed by atoms with Gasteiger partial charge in [0.15, 0.2) is 5.82 Å². The number of carbonyl (C=O) groups is 1. The van der Waals surface area contributed by atoms with E-state index in [1.165, 1.54) is 12.1 Å². The van der Waals surface area contributed by atoms with E-state index in [1.807, 2.05) is 24.3 Å². The molecule has 110 valence electrons. The van der Waals surface area contributed by atoms with Gasteiger partial charge in [0.2, 0.25) is 0 Å². The summed E-state index contributed by atoms with van der Waals surface area (Å²) in [6.07, 6.45) is 1.62. The van der Waals surface area contributed by atoms with Gasteiger partial charge in [0, 0.05) is 10.8 Å². The van der Waals surface area contributed by atoms with E-state index >= 15 is 0 Å². The van der Waals surface area contributed by atoms with Gasteiger partial charge in [0.1, 0.15) is 5.82 Å². The number of para-hydroxylation sites is 1. The normalized spacial score (nSPS) is 10.2. The van der Waals surface area contributed by atoms with Crippen molar-refractivity contribution in [3.63, 3.8) is 0 Å². The highest BCUT2D eigenvalue weighted by atomic mass is 19.1. The third-order valence-corrected chi connectivity index (χ3v) is 2.99. The number of carbonyl (C=O) groups excluding carboxylic acids is 1. The number of rotatable bonds is 3. The highest BCUT2D eigenvalue weighted by Gasteiger charge is 2.07. The van der Waals surface area contributed by atoms with Crippen LogP contribution in [0, 0.1) is 5.82 Å². The second-order valence-electron chi connectivity index (χ2n) is 4.46. The van der Waals surface area contributed by atoms with Crippen LogP contribution < -0.4 is 16.2 Å². The first kappa shape index (κ1) is 13.7. The summed E-state index contributed by atoms with van der Waals surface area (Å²) in [5.74, 6) is -0.107. The Morgan fingerprint density at radius 1 is 1.05 bits per heavy atom. The fourth-order valence-electron chi connectivity index (χ4n) is 1.95. The van der Waals surface area contributed by atoms with Crippen molar-refractivity contribution in [3.8, 4) is 0 Å². The van der Waals surface area contributed by atoms with Crippen molar-refractivity contribution in [1.29, 1.82) is 0 Å². The number of fused-ring (bicyclic) bond motifs is 1. The molecular weight excluding hydrogens is 285 g/mol. The summed E-state index contributed by atoms with van der Waals surface area (Å²) in [5, 5.41) is 11.9. The van der Waals surface area contributed by atoms with Gasteiger partial charge in [-0.3, -0.25) is 5.43 Å². The zero-order valence-corrected chi connectivity index (χ0v) is 11.4. The van der Waals surface area contributed by atoms with Crippen LogP contribution in [-0.4, -0.2) is 16.2 Å². The van der Waals surface area contributed by atoms with E-state index in [1.54, 1.807) is 18.3 Å². The average molecular weight is 297 g/mol. The molecule has 3 aromatic rings. The molecule has 0 atom stereocenters. The topological polar surface area (TPSA) is 78.9 Å². The Hall–Kier alpha value is -3.22. The molecule has 0 fully saturated rings. The summed E-state index contributed by atoms with van der Waals surface area (Å²) in [6.45, 7) is 0. The van der Waals surface area contributed by atoms with Crippen LogP contribution in [0.15, 0.2) is 54.7 Å². The molecule has 1 heterocycles. The lowest BCUT2D eigenvalue weighted by Gasteiger charge is -2.10. The minimum Gasteiger partial charge on any atom is -0.304 e. The Morgan fingerprint density at radius 3 is 2.68 bits per heavy atom. The van der Waals surface area contributed by atoms with Crippen LogP contribution >= 0.6 is 0 Å². The molecule has 3 rings (SSSR count). The quantitative estimate of drug-likeness (QED) is 0.649. The van der Waals surface area contributed by atoms with Crippen molar-refractivity contribution >= 4 is 28.3 Å². The van der Waals surface area contributed by atoms with Gasteiger partial charge >= 0.3 is 6.03 Å². The minimum absolute atomic E-state index is 0.0887. The van der Waals surface area contributed by atoms with Gasteiger partial charge in [-0.15, -0.1) is 5.10 Å². The van der Waals surface area contributed by atoms with E-state index in [-0.39, 0.29) is 5.69 Å². The van der Waals surface area contributed by atoms with Gasteiger partial charge in [-0.25, -0.2) is 14.6 Å². The first-order valence-electron chi connectivity index (χ1n) is 6.52. The van der Waals surface area contributed by atoms with E-state index < -0.39 is 11.8 Å². The van der Waals surface area contributed by atoms with Crippen LogP contribution in [0.2, 0.25) is 0 Å². The Labute approximate surface area is 125 Å². The number of halogens is 1. The monoisotopic (exact) mass is 297 g/mol. The Kier molecular flexibility index (Phi) is 3.78. The predicted octanol–water partition coefficient (Wildman–Crippen LogP) is 2.92. The van der Waals surface area contributed by atoms with Crippen LogP contribution in [0.5, 0.6) is 0 Å². The van der Waals surface area contributed by atoms with Gasteiger partial charge in [-0.05, 0) is 12.1 Å². The SMILES string of the molecule is O=C(NNc1nncc2ccccc12)Nc1ccccc1F. The maximum Gasteiger partial charge on any atom is 0.337 e. The maximum atomic E-state index is 13.4. The number of aromatic nitrogens is 2. The van der Waals surface area contributed by atoms with Gasteiger partial charge in [-0.1, -0.05) is 36.4 Å². The molecule has 7 heteroatoms. The number of urea groups is 1. The van der Waals surface area contributed by atoms with Gasteiger partial charge in [0.25, 0.3) is 0 Å². The minimum atomic E-state index is -0.611. The van der Waals surface area contributed by atoms with Crippen LogP contribution in [0.25, 0.3) is 10.8 Å². The number of hydrogen-bond acceptors (Lipinski definition) is 4. The Morgan fingerprint density at radius 2 is 1.82 bits per heavy atom. The van der Waals surface area contributed by atoms with Crippen LogP contribution in [0.1, 0.15) is 0 Å². The Balaban J connectivity index is 1.69. The molecule has 0 aliphatic heterocycles. The molecule has 0 saturated heterocycles. The van der Waals surface area contributed by atoms with Crippen molar-refractivity contribution in [2.45, 2.75) is 0 Å². The second kappa shape index (κ2) is 6.04. The largest absolute Gasteiger partial charge is 0.337 e. The third kappa shape index (κ3) is 2.93. The molecule has 0 aliphatic carbocycles. The number of nitrogens with one attached hydrogen (secondary N) is 3. The van der Waals surface area contributed by atoms with E-state index in [4.69, 9.17) is 0 Å². The third-order valence-electron chi connectivity index (χ3n) is 2.99. The van der Waals surface area contributed by atoms with E-state index in [2.05, 4.69) is 26.4 Å². The van der Waals surface area contributed by atoms with Crippen molar-refractivity contribution in [1.82, 2.24) is 15.6 Å². The van der Waals surface area contributed by atoms with Gasteiger partial charge in [-0.2, -0.15) is 5.10 Å². The maximum absolute atomic E-state index is 13.4. The lowest BCUT2D eigenvalue weighted by atomic mass is 10.2. The lowest BCUT2D eigenvalue weighted by Crippen LogP contribution is -2.34.